The average Bonchev–Trinajstić information content (AvgIpc) is 1.60. The summed E-state index contributed by atoms with van der Waals surface area (Å²) in [6.45, 7) is 21.5. The van der Waals surface area contributed by atoms with Gasteiger partial charge in [0.05, 0.1) is 186 Å². The molecule has 42 nitrogen and oxygen atoms in total. The molecule has 6 aliphatic rings. The van der Waals surface area contributed by atoms with Gasteiger partial charge in [0.15, 0.2) is 35.5 Å². The lowest BCUT2D eigenvalue weighted by Gasteiger charge is -2.31. The van der Waals surface area contributed by atoms with E-state index in [1.54, 1.807) is 102 Å². The largest absolute Gasteiger partial charge is 0.493 e. The monoisotopic (exact) mass is 2080 g/mol. The van der Waals surface area contributed by atoms with E-state index in [9.17, 15) is 86.9 Å². The van der Waals surface area contributed by atoms with Crippen LogP contribution in [0, 0.1) is 30.6 Å². The third-order valence-electron chi connectivity index (χ3n) is 25.5. The van der Waals surface area contributed by atoms with Gasteiger partial charge in [0.1, 0.15) is 30.5 Å². The normalized spacial score (nSPS) is 17.0. The van der Waals surface area contributed by atoms with Crippen LogP contribution in [0.5, 0.6) is 17.2 Å². The van der Waals surface area contributed by atoms with Crippen molar-refractivity contribution in [2.45, 2.75) is 196 Å². The van der Waals surface area contributed by atoms with Crippen molar-refractivity contribution in [1.29, 1.82) is 0 Å². The van der Waals surface area contributed by atoms with Gasteiger partial charge in [-0.15, -0.1) is 0 Å². The quantitative estimate of drug-likeness (QED) is 0.0186. The van der Waals surface area contributed by atoms with E-state index in [2.05, 4.69) is 21.3 Å². The van der Waals surface area contributed by atoms with Gasteiger partial charge in [-0.3, -0.25) is 76.9 Å². The SMILES string of the molecule is COc1cc2c(cc1OCCCCCOc1cc3c(cc1C)C(=O)N1C=C(C)C[C@H]1[C@H](O)N3C(=O)OCc1ccc(CC(=O)[C@H](C)NC(=O)[C@@H](CC(=O)CCOCCNC(=O)CCN3C(=O)C=CC3=O)C(C)C)cc1)N(C(=O)OCc1ccc(CC(=O)[C@H](C)NC(=O)[C@@H](CC(=O)CCOCCOCCOCCOCCOCCOCCOCCOCCNC(=O)CCN3C(=O)C=CC3=O)C(C)C)cc1)[C@@H](O)[C@@H]1CC(C)=CN1C2=O. The number of carbonyl (C=O) groups is 16. The predicted octanol–water partition coefficient (Wildman–Crippen LogP) is 7.31. The van der Waals surface area contributed by atoms with Gasteiger partial charge in [-0.25, -0.2) is 19.4 Å². The molecule has 0 saturated carbocycles. The summed E-state index contributed by atoms with van der Waals surface area (Å²) >= 11 is 0. The molecular weight excluding hydrogens is 1940 g/mol. The van der Waals surface area contributed by atoms with Crippen molar-refractivity contribution >= 4 is 106 Å². The van der Waals surface area contributed by atoms with E-state index < -0.39 is 108 Å². The number of nitrogens with zero attached hydrogens (tertiary/aromatic N) is 6. The number of nitrogens with one attached hydrogen (secondary N) is 4. The highest BCUT2D eigenvalue weighted by molar-refractivity contribution is 6.14. The van der Waals surface area contributed by atoms with Gasteiger partial charge in [-0.2, -0.15) is 0 Å². The second-order valence-electron chi connectivity index (χ2n) is 37.6. The fraction of sp³-hybridized carbons (Fsp3) is 0.551. The molecule has 0 saturated heterocycles. The summed E-state index contributed by atoms with van der Waals surface area (Å²) in [5, 5.41) is 35.1. The molecule has 6 N–H and O–H groups in total. The summed E-state index contributed by atoms with van der Waals surface area (Å²) in [7, 11) is 1.41. The van der Waals surface area contributed by atoms with Crippen LogP contribution in [0.4, 0.5) is 21.0 Å². The maximum Gasteiger partial charge on any atom is 0.416 e. The number of Topliss-reactive ketones (excluding diaryl/α,β-unsaturated/α-hetero) is 4. The first kappa shape index (κ1) is 118. The first-order chi connectivity index (χ1) is 71.6. The number of aryl methyl sites for hydroxylation is 1. The Morgan fingerprint density at radius 3 is 1.10 bits per heavy atom. The second kappa shape index (κ2) is 60.7. The zero-order valence-corrected chi connectivity index (χ0v) is 86.6. The molecule has 0 spiro atoms. The van der Waals surface area contributed by atoms with Crippen LogP contribution in [0.2, 0.25) is 0 Å². The number of carbonyl (C=O) groups excluding carboxylic acids is 16. The molecule has 812 valence electrons. The Labute approximate surface area is 867 Å². The number of aliphatic hydroxyl groups excluding tert-OH is 2. The highest BCUT2D eigenvalue weighted by Crippen LogP contribution is 2.44. The molecule has 0 aromatic heterocycles. The van der Waals surface area contributed by atoms with Gasteiger partial charge >= 0.3 is 12.2 Å². The van der Waals surface area contributed by atoms with Gasteiger partial charge in [-0.1, -0.05) is 87.4 Å². The molecule has 42 heteroatoms. The number of aliphatic hydroxyl groups is 2. The lowest BCUT2D eigenvalue weighted by Crippen LogP contribution is -2.50. The first-order valence-electron chi connectivity index (χ1n) is 50.7. The number of anilines is 2. The van der Waals surface area contributed by atoms with E-state index >= 15 is 0 Å². The molecular formula is C107H142N10O32. The fourth-order valence-corrected chi connectivity index (χ4v) is 17.0. The average molecular weight is 2080 g/mol. The summed E-state index contributed by atoms with van der Waals surface area (Å²) < 4.78 is 80.0. The Balaban J connectivity index is 0.597. The number of benzene rings is 4. The van der Waals surface area contributed by atoms with Crippen LogP contribution in [0.15, 0.2) is 121 Å². The summed E-state index contributed by atoms with van der Waals surface area (Å²) in [5.41, 5.74) is 4.69. The van der Waals surface area contributed by atoms with E-state index in [0.29, 0.717) is 132 Å². The number of ether oxygens (including phenoxy) is 14. The van der Waals surface area contributed by atoms with Gasteiger partial charge in [0.25, 0.3) is 35.4 Å². The lowest BCUT2D eigenvalue weighted by molar-refractivity contribution is -0.139. The Bertz CT molecular complexity index is 5370. The second-order valence-corrected chi connectivity index (χ2v) is 37.6. The van der Waals surface area contributed by atoms with E-state index in [1.807, 2.05) is 27.7 Å². The molecule has 0 unspecified atom stereocenters. The molecule has 10 rings (SSSR count). The van der Waals surface area contributed by atoms with Crippen molar-refractivity contribution < 1.29 is 153 Å². The Hall–Kier alpha value is -12.9. The minimum atomic E-state index is -1.59. The van der Waals surface area contributed by atoms with Crippen molar-refractivity contribution in [2.75, 3.05) is 175 Å². The smallest absolute Gasteiger partial charge is 0.416 e. The minimum absolute atomic E-state index is 0.00764. The fourth-order valence-electron chi connectivity index (χ4n) is 17.0. The van der Waals surface area contributed by atoms with Crippen molar-refractivity contribution in [3.63, 3.8) is 0 Å². The number of amides is 12. The molecule has 0 bridgehead atoms. The number of imide groups is 2. The number of unbranched alkanes of at least 4 members (excludes halogenated alkanes) is 2. The van der Waals surface area contributed by atoms with Gasteiger partial charge in [0, 0.05) is 138 Å². The third-order valence-corrected chi connectivity index (χ3v) is 25.5. The molecule has 4 aromatic rings. The number of ketones is 4. The van der Waals surface area contributed by atoms with Crippen LogP contribution in [-0.2, 0) is 136 Å². The minimum Gasteiger partial charge on any atom is -0.493 e. The van der Waals surface area contributed by atoms with Crippen molar-refractivity contribution in [2.24, 2.45) is 23.7 Å². The van der Waals surface area contributed by atoms with Crippen molar-refractivity contribution in [3.8, 4) is 17.2 Å². The summed E-state index contributed by atoms with van der Waals surface area (Å²) in [6, 6.07) is 16.0. The molecule has 0 aliphatic carbocycles. The van der Waals surface area contributed by atoms with Crippen molar-refractivity contribution in [1.82, 2.24) is 40.9 Å². The predicted molar refractivity (Wildman–Crippen MR) is 538 cm³/mol. The Morgan fingerprint density at radius 2 is 0.732 bits per heavy atom. The van der Waals surface area contributed by atoms with Crippen LogP contribution in [0.3, 0.4) is 0 Å². The highest BCUT2D eigenvalue weighted by Gasteiger charge is 2.48. The molecule has 6 aliphatic heterocycles. The van der Waals surface area contributed by atoms with Gasteiger partial charge in [-0.05, 0) is 119 Å². The van der Waals surface area contributed by atoms with E-state index in [-0.39, 0.29) is 237 Å². The van der Waals surface area contributed by atoms with Crippen LogP contribution < -0.4 is 45.3 Å². The maximum atomic E-state index is 14.5. The molecule has 0 radical (unpaired) electrons. The van der Waals surface area contributed by atoms with Crippen LogP contribution in [0.1, 0.15) is 175 Å². The van der Waals surface area contributed by atoms with Gasteiger partial charge in [0.2, 0.25) is 23.6 Å². The summed E-state index contributed by atoms with van der Waals surface area (Å²) in [4.78, 5) is 216. The number of hydrogen-bond donors (Lipinski definition) is 6. The summed E-state index contributed by atoms with van der Waals surface area (Å²) in [6.07, 6.45) is 4.70. The summed E-state index contributed by atoms with van der Waals surface area (Å²) in [5.74, 6) is -6.50. The zero-order valence-electron chi connectivity index (χ0n) is 86.6. The Morgan fingerprint density at radius 1 is 0.396 bits per heavy atom. The topological polar surface area (TPSA) is 510 Å². The Kier molecular flexibility index (Phi) is 48.1. The van der Waals surface area contributed by atoms with Crippen LogP contribution >= 0.6 is 0 Å². The van der Waals surface area contributed by atoms with Gasteiger partial charge < -0.3 is 108 Å². The molecule has 8 atom stereocenters. The number of rotatable bonds is 68. The number of methoxy groups -OCH3 is 1. The number of hydrogen-bond acceptors (Lipinski definition) is 32. The molecule has 4 aromatic carbocycles. The van der Waals surface area contributed by atoms with Crippen LogP contribution in [-0.4, -0.2) is 326 Å². The molecule has 6 heterocycles. The van der Waals surface area contributed by atoms with E-state index in [0.717, 1.165) is 42.9 Å². The molecule has 0 fully saturated rings. The first-order valence-corrected chi connectivity index (χ1v) is 50.7. The van der Waals surface area contributed by atoms with E-state index in [1.165, 1.54) is 47.3 Å². The highest BCUT2D eigenvalue weighted by atomic mass is 16.6. The van der Waals surface area contributed by atoms with Crippen LogP contribution in [0.25, 0.3) is 0 Å². The molecule has 149 heavy (non-hydrogen) atoms. The lowest BCUT2D eigenvalue weighted by atomic mass is 9.88. The third kappa shape index (κ3) is 36.5. The maximum absolute atomic E-state index is 14.5. The van der Waals surface area contributed by atoms with Crippen molar-refractivity contribution in [3.05, 3.63) is 160 Å². The standard InChI is InChI=1S/C107H142N10O32/c1-68(2)81(59-79(118)28-36-137-38-30-108-94(122)26-32-112-96(124)22-23-97(112)125)100(128)110-73(8)89(120)57-75-14-18-77(19-15-75)66-148-106(134)116-85-62-91(72(7)56-83(85)102(130)114-64-70(5)54-87(114)104(116)132)146-34-12-11-13-35-147-93-63-86-84(61-92(93)136-10)103(131)115-65-71(6)55-88(115)105(133)117(86)107(135)149-67-78-20-16-76(17-21-78)58-90(121)74(9)111-101(129)82(69(3)4)60-80(119)29-37-138-40-42-140-44-46-142-48-50-144-52-53-145-51-49-143-47-45-141-43-41-139-39-31-109-95(123)27-33-113-98(126)24-25-99(113)127/h14-25,56,61-65,68-69,73-74,81-82,87-88,104-105,132-133H,11-13,26-55,57-60,66-67H2,1-10H3,(H,108,122)(H,109,123)(H,110,128)(H,111,129)/t73-,74-,81-,82-,87-,88-,104-,105-/m0/s1. The molecule has 12 amide bonds. The number of fused-ring (bicyclic) bond motifs is 4. The zero-order chi connectivity index (χ0) is 108. The van der Waals surface area contributed by atoms with E-state index in [4.69, 9.17) is 66.3 Å².